The Bertz CT molecular complexity index is 486. The summed E-state index contributed by atoms with van der Waals surface area (Å²) in [5, 5.41) is 5.14. The van der Waals surface area contributed by atoms with Crippen LogP contribution >= 0.6 is 0 Å². The maximum absolute atomic E-state index is 11.6. The molecular weight excluding hydrogens is 258 g/mol. The van der Waals surface area contributed by atoms with Crippen molar-refractivity contribution in [2.24, 2.45) is 0 Å². The Morgan fingerprint density at radius 1 is 1.25 bits per heavy atom. The topological polar surface area (TPSA) is 78.5 Å². The molecule has 0 atom stereocenters. The van der Waals surface area contributed by atoms with Gasteiger partial charge in [-0.05, 0) is 12.0 Å². The number of rotatable bonds is 6. The van der Waals surface area contributed by atoms with E-state index >= 15 is 0 Å². The van der Waals surface area contributed by atoms with Crippen LogP contribution in [0.25, 0.3) is 0 Å². The van der Waals surface area contributed by atoms with Gasteiger partial charge < -0.3 is 10.6 Å². The Hall–Kier alpha value is -2.37. The maximum Gasteiger partial charge on any atom is 0.324 e. The van der Waals surface area contributed by atoms with Crippen LogP contribution in [0.15, 0.2) is 30.3 Å². The van der Waals surface area contributed by atoms with E-state index in [-0.39, 0.29) is 31.4 Å². The van der Waals surface area contributed by atoms with Crippen LogP contribution in [0.1, 0.15) is 12.0 Å². The molecule has 106 valence electrons. The summed E-state index contributed by atoms with van der Waals surface area (Å²) < 4.78 is 0. The first-order valence-electron chi connectivity index (χ1n) is 6.55. The van der Waals surface area contributed by atoms with Crippen LogP contribution in [0.3, 0.4) is 0 Å². The van der Waals surface area contributed by atoms with Gasteiger partial charge in [0.2, 0.25) is 11.8 Å². The molecule has 0 radical (unpaired) electrons. The standard InChI is InChI=1S/C14H17N3O3/c18-12(7-6-11-4-2-1-3-5-11)15-8-9-17-13(19)10-16-14(17)20/h1-5H,6-10H2,(H,15,18)(H,16,20). The summed E-state index contributed by atoms with van der Waals surface area (Å²) in [6, 6.07) is 9.35. The van der Waals surface area contributed by atoms with E-state index in [2.05, 4.69) is 10.6 Å². The highest BCUT2D eigenvalue weighted by atomic mass is 16.2. The summed E-state index contributed by atoms with van der Waals surface area (Å²) in [4.78, 5) is 35.3. The molecule has 1 aromatic rings. The number of urea groups is 1. The van der Waals surface area contributed by atoms with Gasteiger partial charge >= 0.3 is 6.03 Å². The number of carbonyl (C=O) groups excluding carboxylic acids is 3. The molecule has 0 aromatic heterocycles. The van der Waals surface area contributed by atoms with Crippen LogP contribution in [-0.2, 0) is 16.0 Å². The highest BCUT2D eigenvalue weighted by Gasteiger charge is 2.27. The van der Waals surface area contributed by atoms with Gasteiger partial charge in [-0.15, -0.1) is 0 Å². The van der Waals surface area contributed by atoms with Gasteiger partial charge in [0, 0.05) is 19.5 Å². The molecule has 1 aliphatic rings. The molecule has 2 N–H and O–H groups in total. The summed E-state index contributed by atoms with van der Waals surface area (Å²) in [5.41, 5.74) is 1.11. The van der Waals surface area contributed by atoms with Gasteiger partial charge in [0.05, 0.1) is 6.54 Å². The van der Waals surface area contributed by atoms with Crippen molar-refractivity contribution in [2.75, 3.05) is 19.6 Å². The molecule has 4 amide bonds. The molecule has 1 heterocycles. The first kappa shape index (κ1) is 14.0. The normalized spacial score (nSPS) is 14.3. The van der Waals surface area contributed by atoms with E-state index < -0.39 is 6.03 Å². The molecule has 0 bridgehead atoms. The van der Waals surface area contributed by atoms with Crippen molar-refractivity contribution >= 4 is 17.8 Å². The smallest absolute Gasteiger partial charge is 0.324 e. The third kappa shape index (κ3) is 3.81. The lowest BCUT2D eigenvalue weighted by molar-refractivity contribution is -0.126. The number of nitrogens with one attached hydrogen (secondary N) is 2. The van der Waals surface area contributed by atoms with Crippen LogP contribution < -0.4 is 10.6 Å². The molecule has 1 aromatic carbocycles. The van der Waals surface area contributed by atoms with Crippen LogP contribution in [-0.4, -0.2) is 42.4 Å². The SMILES string of the molecule is O=C(CCc1ccccc1)NCCN1C(=O)CNC1=O. The predicted octanol–water partition coefficient (Wildman–Crippen LogP) is 0.287. The van der Waals surface area contributed by atoms with Crippen molar-refractivity contribution in [1.29, 1.82) is 0 Å². The Labute approximate surface area is 117 Å². The molecule has 0 unspecified atom stereocenters. The van der Waals surface area contributed by atoms with Gasteiger partial charge in [0.25, 0.3) is 0 Å². The summed E-state index contributed by atoms with van der Waals surface area (Å²) in [7, 11) is 0. The first-order valence-corrected chi connectivity index (χ1v) is 6.55. The fourth-order valence-electron chi connectivity index (χ4n) is 1.98. The number of nitrogens with zero attached hydrogens (tertiary/aromatic N) is 1. The van der Waals surface area contributed by atoms with Crippen LogP contribution in [0, 0.1) is 0 Å². The van der Waals surface area contributed by atoms with E-state index in [0.29, 0.717) is 12.8 Å². The van der Waals surface area contributed by atoms with E-state index in [9.17, 15) is 14.4 Å². The highest BCUT2D eigenvalue weighted by molar-refractivity contribution is 6.01. The van der Waals surface area contributed by atoms with E-state index in [1.807, 2.05) is 30.3 Å². The fraction of sp³-hybridized carbons (Fsp3) is 0.357. The number of hydrogen-bond acceptors (Lipinski definition) is 3. The molecule has 0 aliphatic carbocycles. The second-order valence-electron chi connectivity index (χ2n) is 4.54. The van der Waals surface area contributed by atoms with Crippen LogP contribution in [0.2, 0.25) is 0 Å². The Kier molecular flexibility index (Phi) is 4.70. The van der Waals surface area contributed by atoms with Crippen molar-refractivity contribution in [1.82, 2.24) is 15.5 Å². The molecular formula is C14H17N3O3. The van der Waals surface area contributed by atoms with Crippen LogP contribution in [0.5, 0.6) is 0 Å². The average molecular weight is 275 g/mol. The predicted molar refractivity (Wildman–Crippen MR) is 72.9 cm³/mol. The van der Waals surface area contributed by atoms with E-state index in [4.69, 9.17) is 0 Å². The number of amides is 4. The summed E-state index contributed by atoms with van der Waals surface area (Å²) >= 11 is 0. The number of carbonyl (C=O) groups is 3. The zero-order valence-electron chi connectivity index (χ0n) is 11.1. The number of hydrogen-bond donors (Lipinski definition) is 2. The summed E-state index contributed by atoms with van der Waals surface area (Å²) in [5.74, 6) is -0.338. The molecule has 6 heteroatoms. The molecule has 0 spiro atoms. The third-order valence-corrected chi connectivity index (χ3v) is 3.08. The number of imide groups is 1. The van der Waals surface area contributed by atoms with Crippen molar-refractivity contribution in [3.63, 3.8) is 0 Å². The maximum atomic E-state index is 11.6. The largest absolute Gasteiger partial charge is 0.354 e. The second-order valence-corrected chi connectivity index (χ2v) is 4.54. The van der Waals surface area contributed by atoms with Crippen molar-refractivity contribution in [3.05, 3.63) is 35.9 Å². The minimum absolute atomic E-state index is 0.0424. The number of benzene rings is 1. The lowest BCUT2D eigenvalue weighted by Crippen LogP contribution is -2.38. The lowest BCUT2D eigenvalue weighted by Gasteiger charge is -2.12. The summed E-state index contributed by atoms with van der Waals surface area (Å²) in [6.45, 7) is 0.537. The van der Waals surface area contributed by atoms with Gasteiger partial charge in [-0.1, -0.05) is 30.3 Å². The quantitative estimate of drug-likeness (QED) is 0.732. The molecule has 1 aliphatic heterocycles. The molecule has 2 rings (SSSR count). The molecule has 0 saturated carbocycles. The van der Waals surface area contributed by atoms with Crippen molar-refractivity contribution < 1.29 is 14.4 Å². The van der Waals surface area contributed by atoms with E-state index in [1.54, 1.807) is 0 Å². The first-order chi connectivity index (χ1) is 9.66. The van der Waals surface area contributed by atoms with Crippen LogP contribution in [0.4, 0.5) is 4.79 Å². The fourth-order valence-corrected chi connectivity index (χ4v) is 1.98. The highest BCUT2D eigenvalue weighted by Crippen LogP contribution is 2.02. The van der Waals surface area contributed by atoms with Gasteiger partial charge in [0.15, 0.2) is 0 Å². The third-order valence-electron chi connectivity index (χ3n) is 3.08. The van der Waals surface area contributed by atoms with E-state index in [1.165, 1.54) is 0 Å². The van der Waals surface area contributed by atoms with Gasteiger partial charge in [-0.25, -0.2) is 4.79 Å². The summed E-state index contributed by atoms with van der Waals surface area (Å²) in [6.07, 6.45) is 1.07. The van der Waals surface area contributed by atoms with E-state index in [0.717, 1.165) is 10.5 Å². The molecule has 1 saturated heterocycles. The van der Waals surface area contributed by atoms with Crippen molar-refractivity contribution in [2.45, 2.75) is 12.8 Å². The zero-order chi connectivity index (χ0) is 14.4. The van der Waals surface area contributed by atoms with Gasteiger partial charge in [-0.3, -0.25) is 14.5 Å². The minimum atomic E-state index is -0.395. The van der Waals surface area contributed by atoms with Gasteiger partial charge in [0.1, 0.15) is 0 Å². The van der Waals surface area contributed by atoms with Crippen molar-refractivity contribution in [3.8, 4) is 0 Å². The minimum Gasteiger partial charge on any atom is -0.354 e. The molecule has 1 fully saturated rings. The monoisotopic (exact) mass is 275 g/mol. The molecule has 20 heavy (non-hydrogen) atoms. The second kappa shape index (κ2) is 6.70. The zero-order valence-corrected chi connectivity index (χ0v) is 11.1. The average Bonchev–Trinajstić information content (AvgIpc) is 2.78. The number of aryl methyl sites for hydroxylation is 1. The van der Waals surface area contributed by atoms with Gasteiger partial charge in [-0.2, -0.15) is 0 Å². The Balaban J connectivity index is 1.65. The Morgan fingerprint density at radius 2 is 2.00 bits per heavy atom. The molecule has 6 nitrogen and oxygen atoms in total. The Morgan fingerprint density at radius 3 is 2.65 bits per heavy atom. The lowest BCUT2D eigenvalue weighted by atomic mass is 10.1.